The molecule has 1 heterocycles. The summed E-state index contributed by atoms with van der Waals surface area (Å²) in [4.78, 5) is 24.3. The van der Waals surface area contributed by atoms with Crippen molar-refractivity contribution in [2.75, 3.05) is 16.4 Å². The zero-order chi connectivity index (χ0) is 20.1. The molecule has 0 saturated carbocycles. The molecule has 2 amide bonds. The number of nitrogens with one attached hydrogen (secondary N) is 2. The van der Waals surface area contributed by atoms with E-state index in [4.69, 9.17) is 0 Å². The van der Waals surface area contributed by atoms with Crippen LogP contribution in [0.15, 0.2) is 46.8 Å². The Balaban J connectivity index is 1.52. The van der Waals surface area contributed by atoms with Gasteiger partial charge in [0.2, 0.25) is 11.0 Å². The summed E-state index contributed by atoms with van der Waals surface area (Å²) in [5, 5.41) is 13.7. The number of nitrogens with zero attached hydrogens (tertiary/aromatic N) is 2. The van der Waals surface area contributed by atoms with Crippen molar-refractivity contribution in [3.8, 4) is 0 Å². The van der Waals surface area contributed by atoms with Crippen LogP contribution in [-0.2, 0) is 4.79 Å². The van der Waals surface area contributed by atoms with Crippen LogP contribution in [0.1, 0.15) is 21.5 Å². The predicted octanol–water partition coefficient (Wildman–Crippen LogP) is 4.28. The van der Waals surface area contributed by atoms with Gasteiger partial charge >= 0.3 is 0 Å². The van der Waals surface area contributed by atoms with Gasteiger partial charge in [-0.15, -0.1) is 10.2 Å². The minimum atomic E-state index is -0.364. The fraction of sp³-hybridized carbons (Fsp3) is 0.158. The highest BCUT2D eigenvalue weighted by atomic mass is 32.2. The van der Waals surface area contributed by atoms with Gasteiger partial charge in [0, 0.05) is 11.3 Å². The van der Waals surface area contributed by atoms with Crippen LogP contribution in [0.5, 0.6) is 0 Å². The molecule has 0 spiro atoms. The van der Waals surface area contributed by atoms with Gasteiger partial charge in [-0.3, -0.25) is 14.9 Å². The lowest BCUT2D eigenvalue weighted by Gasteiger charge is -2.04. The normalized spacial score (nSPS) is 10.5. The molecule has 2 N–H and O–H groups in total. The molecule has 0 aliphatic heterocycles. The molecule has 9 heteroatoms. The van der Waals surface area contributed by atoms with Gasteiger partial charge < -0.3 is 5.32 Å². The van der Waals surface area contributed by atoms with E-state index < -0.39 is 0 Å². The third-order valence-corrected chi connectivity index (χ3v) is 5.82. The molecule has 3 rings (SSSR count). The van der Waals surface area contributed by atoms with Crippen LogP contribution in [0.4, 0.5) is 15.2 Å². The van der Waals surface area contributed by atoms with E-state index in [2.05, 4.69) is 20.8 Å². The van der Waals surface area contributed by atoms with Crippen LogP contribution in [0.3, 0.4) is 0 Å². The van der Waals surface area contributed by atoms with Crippen molar-refractivity contribution in [3.63, 3.8) is 0 Å². The Hall–Kier alpha value is -2.78. The second kappa shape index (κ2) is 8.94. The van der Waals surface area contributed by atoms with Crippen LogP contribution in [0.25, 0.3) is 0 Å². The molecular formula is C19H17FN4O2S2. The summed E-state index contributed by atoms with van der Waals surface area (Å²) >= 11 is 2.40. The summed E-state index contributed by atoms with van der Waals surface area (Å²) in [7, 11) is 0. The lowest BCUT2D eigenvalue weighted by atomic mass is 10.1. The van der Waals surface area contributed by atoms with Crippen LogP contribution in [0, 0.1) is 19.7 Å². The Morgan fingerprint density at radius 1 is 1.04 bits per heavy atom. The molecule has 0 aliphatic carbocycles. The molecule has 28 heavy (non-hydrogen) atoms. The van der Waals surface area contributed by atoms with E-state index in [0.717, 1.165) is 11.1 Å². The standard InChI is InChI=1S/C19H17FN4O2S2/c1-11-3-4-13(9-12(11)2)17(26)22-18-23-24-19(28-18)27-10-16(25)21-15-7-5-14(20)6-8-15/h3-9H,10H2,1-2H3,(H,21,25)(H,22,23,26). The Kier molecular flexibility index (Phi) is 6.37. The van der Waals surface area contributed by atoms with Crippen molar-refractivity contribution in [1.29, 1.82) is 0 Å². The lowest BCUT2D eigenvalue weighted by molar-refractivity contribution is -0.113. The third kappa shape index (κ3) is 5.37. The average molecular weight is 417 g/mol. The number of aryl methyl sites for hydroxylation is 2. The van der Waals surface area contributed by atoms with Gasteiger partial charge in [-0.05, 0) is 61.4 Å². The van der Waals surface area contributed by atoms with Gasteiger partial charge in [-0.1, -0.05) is 29.2 Å². The molecule has 0 unspecified atom stereocenters. The Morgan fingerprint density at radius 3 is 2.50 bits per heavy atom. The van der Waals surface area contributed by atoms with E-state index in [-0.39, 0.29) is 23.4 Å². The van der Waals surface area contributed by atoms with E-state index in [1.165, 1.54) is 47.4 Å². The first kappa shape index (κ1) is 20.0. The smallest absolute Gasteiger partial charge is 0.257 e. The van der Waals surface area contributed by atoms with Crippen molar-refractivity contribution >= 4 is 45.7 Å². The van der Waals surface area contributed by atoms with Crippen LogP contribution in [0.2, 0.25) is 0 Å². The minimum Gasteiger partial charge on any atom is -0.325 e. The predicted molar refractivity (Wildman–Crippen MR) is 110 cm³/mol. The first-order valence-corrected chi connectivity index (χ1v) is 10.1. The van der Waals surface area contributed by atoms with Crippen molar-refractivity contribution in [1.82, 2.24) is 10.2 Å². The number of halogens is 1. The summed E-state index contributed by atoms with van der Waals surface area (Å²) in [5.74, 6) is -0.745. The molecule has 0 fully saturated rings. The Morgan fingerprint density at radius 2 is 1.79 bits per heavy atom. The SMILES string of the molecule is Cc1ccc(C(=O)Nc2nnc(SCC(=O)Nc3ccc(F)cc3)s2)cc1C. The molecule has 1 aromatic heterocycles. The number of thioether (sulfide) groups is 1. The number of anilines is 2. The van der Waals surface area contributed by atoms with Gasteiger partial charge in [-0.25, -0.2) is 4.39 Å². The maximum absolute atomic E-state index is 12.9. The molecule has 144 valence electrons. The average Bonchev–Trinajstić information content (AvgIpc) is 3.11. The zero-order valence-corrected chi connectivity index (χ0v) is 16.8. The molecular weight excluding hydrogens is 399 g/mol. The van der Waals surface area contributed by atoms with Gasteiger partial charge in [-0.2, -0.15) is 0 Å². The third-order valence-electron chi connectivity index (χ3n) is 3.85. The van der Waals surface area contributed by atoms with Crippen LogP contribution >= 0.6 is 23.1 Å². The quantitative estimate of drug-likeness (QED) is 0.463. The van der Waals surface area contributed by atoms with Crippen LogP contribution < -0.4 is 10.6 Å². The number of carbonyl (C=O) groups excluding carboxylic acids is 2. The molecule has 0 radical (unpaired) electrons. The second-order valence-corrected chi connectivity index (χ2v) is 8.17. The highest BCUT2D eigenvalue weighted by Gasteiger charge is 2.12. The first-order valence-electron chi connectivity index (χ1n) is 8.31. The van der Waals surface area contributed by atoms with E-state index in [0.29, 0.717) is 20.7 Å². The van der Waals surface area contributed by atoms with Crippen LogP contribution in [-0.4, -0.2) is 27.8 Å². The summed E-state index contributed by atoms with van der Waals surface area (Å²) in [6, 6.07) is 11.0. The molecule has 6 nitrogen and oxygen atoms in total. The Bertz CT molecular complexity index is 1010. The van der Waals surface area contributed by atoms with Gasteiger partial charge in [0.1, 0.15) is 5.82 Å². The summed E-state index contributed by atoms with van der Waals surface area (Å²) in [6.45, 7) is 3.93. The van der Waals surface area contributed by atoms with Crippen molar-refractivity contribution < 1.29 is 14.0 Å². The maximum Gasteiger partial charge on any atom is 0.257 e. The molecule has 2 aromatic carbocycles. The number of amides is 2. The summed E-state index contributed by atoms with van der Waals surface area (Å²) in [6.07, 6.45) is 0. The van der Waals surface area contributed by atoms with Crippen molar-refractivity contribution in [3.05, 3.63) is 65.0 Å². The maximum atomic E-state index is 12.9. The number of aromatic nitrogens is 2. The van der Waals surface area contributed by atoms with Gasteiger partial charge in [0.25, 0.3) is 5.91 Å². The second-order valence-electron chi connectivity index (χ2n) is 5.97. The largest absolute Gasteiger partial charge is 0.325 e. The van der Waals surface area contributed by atoms with E-state index in [9.17, 15) is 14.0 Å². The fourth-order valence-electron chi connectivity index (χ4n) is 2.23. The van der Waals surface area contributed by atoms with Gasteiger partial charge in [0.15, 0.2) is 4.34 Å². The monoisotopic (exact) mass is 416 g/mol. The summed E-state index contributed by atoms with van der Waals surface area (Å²) in [5.41, 5.74) is 3.22. The van der Waals surface area contributed by atoms with Gasteiger partial charge in [0.05, 0.1) is 5.75 Å². The first-order chi connectivity index (χ1) is 13.4. The Labute approximate surface area is 169 Å². The molecule has 0 atom stereocenters. The topological polar surface area (TPSA) is 84.0 Å². The minimum absolute atomic E-state index is 0.122. The number of rotatable bonds is 6. The summed E-state index contributed by atoms with van der Waals surface area (Å²) < 4.78 is 13.4. The van der Waals surface area contributed by atoms with E-state index >= 15 is 0 Å². The zero-order valence-electron chi connectivity index (χ0n) is 15.2. The molecule has 0 saturated heterocycles. The lowest BCUT2D eigenvalue weighted by Crippen LogP contribution is -2.13. The van der Waals surface area contributed by atoms with Crippen molar-refractivity contribution in [2.45, 2.75) is 18.2 Å². The molecule has 3 aromatic rings. The van der Waals surface area contributed by atoms with E-state index in [1.54, 1.807) is 6.07 Å². The number of hydrogen-bond acceptors (Lipinski definition) is 6. The number of hydrogen-bond donors (Lipinski definition) is 2. The van der Waals surface area contributed by atoms with E-state index in [1.807, 2.05) is 26.0 Å². The molecule has 0 aliphatic rings. The fourth-order valence-corrected chi connectivity index (χ4v) is 3.78. The van der Waals surface area contributed by atoms with Crippen molar-refractivity contribution in [2.24, 2.45) is 0 Å². The highest BCUT2D eigenvalue weighted by molar-refractivity contribution is 8.01. The molecule has 0 bridgehead atoms. The highest BCUT2D eigenvalue weighted by Crippen LogP contribution is 2.26. The number of benzene rings is 2. The number of carbonyl (C=O) groups is 2.